The lowest BCUT2D eigenvalue weighted by molar-refractivity contribution is 0.0643. The predicted molar refractivity (Wildman–Crippen MR) is 157 cm³/mol. The van der Waals surface area contributed by atoms with Crippen LogP contribution < -0.4 is 9.80 Å². The van der Waals surface area contributed by atoms with E-state index in [1.54, 1.807) is 11.8 Å². The summed E-state index contributed by atoms with van der Waals surface area (Å²) in [4.78, 5) is 31.0. The van der Waals surface area contributed by atoms with E-state index in [9.17, 15) is 4.79 Å². The lowest BCUT2D eigenvalue weighted by atomic mass is 10.1. The highest BCUT2D eigenvalue weighted by Gasteiger charge is 2.22. The molecule has 1 amide bonds. The Kier molecular flexibility index (Phi) is 8.94. The molecule has 200 valence electrons. The molecule has 1 aromatic heterocycles. The number of piperazine rings is 2. The topological polar surface area (TPSA) is 55.8 Å². The average molecular weight is 572 g/mol. The smallest absolute Gasteiger partial charge is 0.253 e. The van der Waals surface area contributed by atoms with E-state index >= 15 is 0 Å². The molecule has 3 heterocycles. The normalized spacial score (nSPS) is 16.7. The summed E-state index contributed by atoms with van der Waals surface area (Å²) in [7, 11) is 0. The summed E-state index contributed by atoms with van der Waals surface area (Å²) in [6.45, 7) is 10.1. The lowest BCUT2D eigenvalue weighted by Crippen LogP contribution is -2.48. The first kappa shape index (κ1) is 27.1. The summed E-state index contributed by atoms with van der Waals surface area (Å²) >= 11 is 14.0. The molecule has 2 aliphatic heterocycles. The van der Waals surface area contributed by atoms with Gasteiger partial charge in [0, 0.05) is 80.5 Å². The molecular weight excluding hydrogens is 539 g/mol. The van der Waals surface area contributed by atoms with Crippen LogP contribution in [-0.4, -0.2) is 84.6 Å². The number of carbonyl (C=O) groups is 1. The number of amides is 1. The van der Waals surface area contributed by atoms with E-state index < -0.39 is 0 Å². The second kappa shape index (κ2) is 12.6. The Morgan fingerprint density at radius 1 is 0.842 bits per heavy atom. The standard InChI is InChI=1S/C28H32Cl2N6OS/c1-2-33-11-13-36(14-12-33)27(37)22-5-3-21(4-6-22)20-38-28-31-25(30)19-26(32-28)35-17-15-34(16-18-35)24-9-7-23(29)8-10-24/h3-10,19H,2,11-18,20H2,1H3. The Bertz CT molecular complexity index is 1230. The van der Waals surface area contributed by atoms with Gasteiger partial charge >= 0.3 is 0 Å². The van der Waals surface area contributed by atoms with Crippen LogP contribution in [0.4, 0.5) is 11.5 Å². The van der Waals surface area contributed by atoms with Gasteiger partial charge in [-0.25, -0.2) is 9.97 Å². The summed E-state index contributed by atoms with van der Waals surface area (Å²) in [6, 6.07) is 17.7. The fourth-order valence-corrected chi connectivity index (χ4v) is 5.96. The van der Waals surface area contributed by atoms with E-state index in [1.807, 2.05) is 47.4 Å². The van der Waals surface area contributed by atoms with E-state index in [-0.39, 0.29) is 5.91 Å². The largest absolute Gasteiger partial charge is 0.368 e. The number of aromatic nitrogens is 2. The maximum atomic E-state index is 12.9. The molecule has 2 saturated heterocycles. The van der Waals surface area contributed by atoms with Gasteiger partial charge in [0.25, 0.3) is 5.91 Å². The van der Waals surface area contributed by atoms with Crippen LogP contribution in [0.2, 0.25) is 10.2 Å². The molecule has 0 bridgehead atoms. The van der Waals surface area contributed by atoms with Gasteiger partial charge in [-0.3, -0.25) is 4.79 Å². The molecule has 7 nitrogen and oxygen atoms in total. The number of benzene rings is 2. The zero-order chi connectivity index (χ0) is 26.5. The molecular formula is C28H32Cl2N6OS. The highest BCUT2D eigenvalue weighted by Crippen LogP contribution is 2.27. The minimum absolute atomic E-state index is 0.110. The Hall–Kier alpha value is -2.52. The van der Waals surface area contributed by atoms with E-state index in [4.69, 9.17) is 28.2 Å². The quantitative estimate of drug-likeness (QED) is 0.220. The first-order valence-corrected chi connectivity index (χ1v) is 14.8. The third-order valence-electron chi connectivity index (χ3n) is 7.13. The second-order valence-electron chi connectivity index (χ2n) is 9.49. The summed E-state index contributed by atoms with van der Waals surface area (Å²) in [5.41, 5.74) is 3.03. The number of likely N-dealkylation sites (N-methyl/N-ethyl adjacent to an activating group) is 1. The second-order valence-corrected chi connectivity index (χ2v) is 11.3. The number of halogens is 2. The van der Waals surface area contributed by atoms with Gasteiger partial charge < -0.3 is 19.6 Å². The zero-order valence-electron chi connectivity index (χ0n) is 21.5. The van der Waals surface area contributed by atoms with Crippen LogP contribution in [-0.2, 0) is 5.75 Å². The van der Waals surface area contributed by atoms with Crippen molar-refractivity contribution in [3.05, 3.63) is 75.9 Å². The third kappa shape index (κ3) is 6.72. The molecule has 2 aliphatic rings. The van der Waals surface area contributed by atoms with Crippen LogP contribution in [0, 0.1) is 0 Å². The van der Waals surface area contributed by atoms with Gasteiger partial charge in [-0.1, -0.05) is 54.0 Å². The highest BCUT2D eigenvalue weighted by atomic mass is 35.5. The monoisotopic (exact) mass is 570 g/mol. The number of rotatable bonds is 7. The molecule has 0 atom stereocenters. The summed E-state index contributed by atoms with van der Waals surface area (Å²) in [6.07, 6.45) is 0. The minimum Gasteiger partial charge on any atom is -0.368 e. The van der Waals surface area contributed by atoms with Crippen LogP contribution in [0.5, 0.6) is 0 Å². The van der Waals surface area contributed by atoms with E-state index in [1.165, 1.54) is 5.69 Å². The van der Waals surface area contributed by atoms with Gasteiger partial charge in [-0.2, -0.15) is 0 Å². The van der Waals surface area contributed by atoms with Crippen molar-refractivity contribution in [2.75, 3.05) is 68.7 Å². The molecule has 38 heavy (non-hydrogen) atoms. The minimum atomic E-state index is 0.110. The van der Waals surface area contributed by atoms with Crippen molar-refractivity contribution in [3.63, 3.8) is 0 Å². The Balaban J connectivity index is 1.15. The van der Waals surface area contributed by atoms with Crippen molar-refractivity contribution in [3.8, 4) is 0 Å². The number of carbonyl (C=O) groups excluding carboxylic acids is 1. The van der Waals surface area contributed by atoms with E-state index in [0.29, 0.717) is 16.1 Å². The fourth-order valence-electron chi connectivity index (χ4n) is 4.80. The van der Waals surface area contributed by atoms with Crippen LogP contribution in [0.25, 0.3) is 0 Å². The number of anilines is 2. The van der Waals surface area contributed by atoms with Gasteiger partial charge in [-0.15, -0.1) is 0 Å². The molecule has 0 spiro atoms. The summed E-state index contributed by atoms with van der Waals surface area (Å²) < 4.78 is 0. The van der Waals surface area contributed by atoms with Gasteiger partial charge in [0.1, 0.15) is 11.0 Å². The summed E-state index contributed by atoms with van der Waals surface area (Å²) in [5, 5.41) is 1.85. The van der Waals surface area contributed by atoms with Crippen LogP contribution >= 0.6 is 35.0 Å². The highest BCUT2D eigenvalue weighted by molar-refractivity contribution is 7.98. The van der Waals surface area contributed by atoms with Crippen molar-refractivity contribution in [2.45, 2.75) is 17.8 Å². The average Bonchev–Trinajstić information content (AvgIpc) is 2.96. The zero-order valence-corrected chi connectivity index (χ0v) is 23.9. The fraction of sp³-hybridized carbons (Fsp3) is 0.393. The van der Waals surface area contributed by atoms with Gasteiger partial charge in [0.15, 0.2) is 5.16 Å². The lowest BCUT2D eigenvalue weighted by Gasteiger charge is -2.36. The van der Waals surface area contributed by atoms with Crippen molar-refractivity contribution < 1.29 is 4.79 Å². The number of hydrogen-bond acceptors (Lipinski definition) is 7. The number of nitrogens with zero attached hydrogens (tertiary/aromatic N) is 6. The van der Waals surface area contributed by atoms with Gasteiger partial charge in [0.05, 0.1) is 0 Å². The molecule has 0 unspecified atom stereocenters. The maximum absolute atomic E-state index is 12.9. The van der Waals surface area contributed by atoms with Crippen LogP contribution in [0.1, 0.15) is 22.8 Å². The molecule has 0 aliphatic carbocycles. The van der Waals surface area contributed by atoms with Crippen molar-refractivity contribution in [1.29, 1.82) is 0 Å². The van der Waals surface area contributed by atoms with Crippen LogP contribution in [0.15, 0.2) is 59.8 Å². The van der Waals surface area contributed by atoms with Crippen molar-refractivity contribution in [1.82, 2.24) is 19.8 Å². The SMILES string of the molecule is CCN1CCN(C(=O)c2ccc(CSc3nc(Cl)cc(N4CCN(c5ccc(Cl)cc5)CC4)n3)cc2)CC1. The van der Waals surface area contributed by atoms with Gasteiger partial charge in [0.2, 0.25) is 0 Å². The first-order chi connectivity index (χ1) is 18.5. The summed E-state index contributed by atoms with van der Waals surface area (Å²) in [5.74, 6) is 1.67. The van der Waals surface area contributed by atoms with Gasteiger partial charge in [-0.05, 0) is 48.5 Å². The molecule has 10 heteroatoms. The molecule has 3 aromatic rings. The molecule has 5 rings (SSSR count). The molecule has 0 saturated carbocycles. The first-order valence-electron chi connectivity index (χ1n) is 13.0. The number of hydrogen-bond donors (Lipinski definition) is 0. The Morgan fingerprint density at radius 2 is 1.50 bits per heavy atom. The van der Waals surface area contributed by atoms with Crippen molar-refractivity contribution >= 4 is 52.4 Å². The molecule has 2 fully saturated rings. The molecule has 0 N–H and O–H groups in total. The Labute approximate surface area is 238 Å². The third-order valence-corrected chi connectivity index (χ3v) is 8.50. The predicted octanol–water partition coefficient (Wildman–Crippen LogP) is 5.18. The van der Waals surface area contributed by atoms with E-state index in [0.717, 1.165) is 80.9 Å². The molecule has 0 radical (unpaired) electrons. The Morgan fingerprint density at radius 3 is 2.16 bits per heavy atom. The number of thioether (sulfide) groups is 1. The van der Waals surface area contributed by atoms with E-state index in [2.05, 4.69) is 38.7 Å². The van der Waals surface area contributed by atoms with Crippen molar-refractivity contribution in [2.24, 2.45) is 0 Å². The molecule has 2 aromatic carbocycles. The maximum Gasteiger partial charge on any atom is 0.253 e. The van der Waals surface area contributed by atoms with Crippen LogP contribution in [0.3, 0.4) is 0 Å².